The number of carbonyl (C=O) groups excluding carboxylic acids is 1. The molecule has 2 aliphatic rings. The van der Waals surface area contributed by atoms with Crippen molar-refractivity contribution >= 4 is 6.09 Å². The van der Waals surface area contributed by atoms with Crippen LogP contribution < -0.4 is 5.32 Å². The summed E-state index contributed by atoms with van der Waals surface area (Å²) in [4.78, 5) is 11.9. The summed E-state index contributed by atoms with van der Waals surface area (Å²) in [5.41, 5.74) is 1.21. The second kappa shape index (κ2) is 7.52. The van der Waals surface area contributed by atoms with Gasteiger partial charge in [0.05, 0.1) is 12.7 Å². The van der Waals surface area contributed by atoms with E-state index < -0.39 is 0 Å². The van der Waals surface area contributed by atoms with Gasteiger partial charge in [-0.1, -0.05) is 44.9 Å². The SMILES string of the molecule is C=C[C@H]1OC[C@@]2(COC(=O)NCCCC)[C@H](C)[C@H]1C(C)=C[C@@H]2C. The standard InChI is InChI=1S/C19H31NO3/c1-6-8-9-20-18(21)23-12-19-11-22-16(7-2)17(15(19)5)13(3)10-14(19)4/h7,10,14-17H,2,6,8-9,11-12H2,1,3-5H3,(H,20,21)/t14-,15+,16+,17+,19-/m0/s1. The second-order valence-electron chi connectivity index (χ2n) is 7.11. The van der Waals surface area contributed by atoms with E-state index in [0.717, 1.165) is 12.8 Å². The molecule has 0 aromatic rings. The molecule has 1 saturated heterocycles. The van der Waals surface area contributed by atoms with Gasteiger partial charge in [0.15, 0.2) is 0 Å². The number of amides is 1. The van der Waals surface area contributed by atoms with Crippen LogP contribution in [0.4, 0.5) is 4.79 Å². The van der Waals surface area contributed by atoms with Crippen molar-refractivity contribution in [3.8, 4) is 0 Å². The molecule has 130 valence electrons. The Hall–Kier alpha value is -1.29. The molecule has 23 heavy (non-hydrogen) atoms. The topological polar surface area (TPSA) is 47.6 Å². The molecule has 1 aliphatic heterocycles. The van der Waals surface area contributed by atoms with Crippen LogP contribution in [0.15, 0.2) is 24.3 Å². The third-order valence-electron chi connectivity index (χ3n) is 5.79. The van der Waals surface area contributed by atoms with Crippen LogP contribution in [-0.2, 0) is 9.47 Å². The van der Waals surface area contributed by atoms with Gasteiger partial charge in [0.2, 0.25) is 0 Å². The Kier molecular flexibility index (Phi) is 5.90. The quantitative estimate of drug-likeness (QED) is 0.595. The van der Waals surface area contributed by atoms with E-state index in [1.165, 1.54) is 5.57 Å². The molecule has 0 aromatic heterocycles. The van der Waals surface area contributed by atoms with Crippen molar-refractivity contribution in [3.05, 3.63) is 24.3 Å². The van der Waals surface area contributed by atoms with Crippen LogP contribution >= 0.6 is 0 Å². The highest BCUT2D eigenvalue weighted by Gasteiger charge is 2.53. The Labute approximate surface area is 140 Å². The maximum Gasteiger partial charge on any atom is 0.407 e. The normalized spacial score (nSPS) is 36.1. The molecule has 0 radical (unpaired) electrons. The van der Waals surface area contributed by atoms with Gasteiger partial charge in [-0.25, -0.2) is 4.79 Å². The van der Waals surface area contributed by atoms with Gasteiger partial charge in [-0.05, 0) is 25.2 Å². The summed E-state index contributed by atoms with van der Waals surface area (Å²) < 4.78 is 11.6. The Morgan fingerprint density at radius 2 is 2.30 bits per heavy atom. The summed E-state index contributed by atoms with van der Waals surface area (Å²) >= 11 is 0. The average molecular weight is 321 g/mol. The minimum absolute atomic E-state index is 0.0558. The maximum absolute atomic E-state index is 11.9. The summed E-state index contributed by atoms with van der Waals surface area (Å²) in [6, 6.07) is 0. The molecule has 0 aromatic carbocycles. The molecule has 2 bridgehead atoms. The van der Waals surface area contributed by atoms with E-state index in [9.17, 15) is 4.79 Å². The van der Waals surface area contributed by atoms with Crippen LogP contribution in [0, 0.1) is 23.2 Å². The van der Waals surface area contributed by atoms with Gasteiger partial charge in [-0.2, -0.15) is 0 Å². The fourth-order valence-corrected chi connectivity index (χ4v) is 4.14. The lowest BCUT2D eigenvalue weighted by Gasteiger charge is -2.54. The van der Waals surface area contributed by atoms with Crippen LogP contribution in [-0.4, -0.2) is 32.0 Å². The van der Waals surface area contributed by atoms with Crippen LogP contribution in [0.3, 0.4) is 0 Å². The van der Waals surface area contributed by atoms with E-state index in [-0.39, 0.29) is 17.6 Å². The van der Waals surface area contributed by atoms with E-state index in [0.29, 0.717) is 37.5 Å². The monoisotopic (exact) mass is 321 g/mol. The number of alkyl carbamates (subject to hydrolysis) is 1. The molecule has 4 nitrogen and oxygen atoms in total. The van der Waals surface area contributed by atoms with Gasteiger partial charge in [-0.15, -0.1) is 6.58 Å². The summed E-state index contributed by atoms with van der Waals surface area (Å²) in [6.45, 7) is 14.3. The molecule has 1 N–H and O–H groups in total. The third-order valence-corrected chi connectivity index (χ3v) is 5.79. The number of allylic oxidation sites excluding steroid dienone is 1. The lowest BCUT2D eigenvalue weighted by Crippen LogP contribution is -2.56. The summed E-state index contributed by atoms with van der Waals surface area (Å²) in [7, 11) is 0. The highest BCUT2D eigenvalue weighted by atomic mass is 16.6. The molecule has 0 spiro atoms. The number of hydrogen-bond donors (Lipinski definition) is 1. The van der Waals surface area contributed by atoms with Crippen LogP contribution in [0.2, 0.25) is 0 Å². The fourth-order valence-electron chi connectivity index (χ4n) is 4.14. The fraction of sp³-hybridized carbons (Fsp3) is 0.737. The van der Waals surface area contributed by atoms with Crippen molar-refractivity contribution in [2.75, 3.05) is 19.8 Å². The van der Waals surface area contributed by atoms with E-state index in [1.54, 1.807) is 0 Å². The molecular formula is C19H31NO3. The smallest absolute Gasteiger partial charge is 0.407 e. The molecule has 1 aliphatic carbocycles. The van der Waals surface area contributed by atoms with Gasteiger partial charge in [0.25, 0.3) is 0 Å². The number of nitrogens with one attached hydrogen (secondary N) is 1. The maximum atomic E-state index is 11.9. The highest BCUT2D eigenvalue weighted by Crippen LogP contribution is 2.52. The first kappa shape index (κ1) is 18.1. The second-order valence-corrected chi connectivity index (χ2v) is 7.11. The van der Waals surface area contributed by atoms with E-state index in [2.05, 4.69) is 45.7 Å². The van der Waals surface area contributed by atoms with Crippen LogP contribution in [0.5, 0.6) is 0 Å². The molecule has 4 heteroatoms. The molecular weight excluding hydrogens is 290 g/mol. The zero-order valence-corrected chi connectivity index (χ0v) is 14.9. The molecule has 1 fully saturated rings. The van der Waals surface area contributed by atoms with Crippen molar-refractivity contribution in [1.82, 2.24) is 5.32 Å². The van der Waals surface area contributed by atoms with Crippen LogP contribution in [0.25, 0.3) is 0 Å². The molecule has 5 atom stereocenters. The number of ether oxygens (including phenoxy) is 2. The molecule has 1 heterocycles. The Bertz CT molecular complexity index is 473. The van der Waals surface area contributed by atoms with Crippen molar-refractivity contribution in [2.24, 2.45) is 23.2 Å². The molecule has 0 unspecified atom stereocenters. The lowest BCUT2D eigenvalue weighted by molar-refractivity contribution is -0.148. The Balaban J connectivity index is 2.07. The Morgan fingerprint density at radius 3 is 2.96 bits per heavy atom. The molecule has 1 amide bonds. The summed E-state index contributed by atoms with van der Waals surface area (Å²) in [5, 5.41) is 2.82. The first-order valence-electron chi connectivity index (χ1n) is 8.79. The average Bonchev–Trinajstić information content (AvgIpc) is 2.52. The molecule has 2 rings (SSSR count). The van der Waals surface area contributed by atoms with Crippen molar-refractivity contribution in [2.45, 2.75) is 46.6 Å². The zero-order valence-electron chi connectivity index (χ0n) is 14.9. The number of unbranched alkanes of at least 4 members (excludes halogenated alkanes) is 1. The van der Waals surface area contributed by atoms with Gasteiger partial charge >= 0.3 is 6.09 Å². The van der Waals surface area contributed by atoms with Crippen molar-refractivity contribution in [1.29, 1.82) is 0 Å². The minimum atomic E-state index is -0.319. The molecule has 0 saturated carbocycles. The van der Waals surface area contributed by atoms with Crippen molar-refractivity contribution < 1.29 is 14.3 Å². The predicted octanol–water partition coefficient (Wildman–Crippen LogP) is 3.93. The van der Waals surface area contributed by atoms with Gasteiger partial charge in [0, 0.05) is 17.9 Å². The van der Waals surface area contributed by atoms with E-state index in [1.807, 2.05) is 6.08 Å². The lowest BCUT2D eigenvalue weighted by atomic mass is 9.56. The van der Waals surface area contributed by atoms with Crippen molar-refractivity contribution in [3.63, 3.8) is 0 Å². The Morgan fingerprint density at radius 1 is 1.57 bits per heavy atom. The predicted molar refractivity (Wildman–Crippen MR) is 92.2 cm³/mol. The zero-order chi connectivity index (χ0) is 17.0. The van der Waals surface area contributed by atoms with E-state index in [4.69, 9.17) is 9.47 Å². The van der Waals surface area contributed by atoms with E-state index >= 15 is 0 Å². The van der Waals surface area contributed by atoms with Gasteiger partial charge < -0.3 is 14.8 Å². The summed E-state index contributed by atoms with van der Waals surface area (Å²) in [6.07, 6.45) is 5.99. The highest BCUT2D eigenvalue weighted by molar-refractivity contribution is 5.67. The van der Waals surface area contributed by atoms with Gasteiger partial charge in [-0.3, -0.25) is 0 Å². The number of rotatable bonds is 6. The first-order chi connectivity index (χ1) is 11.0. The number of hydrogen-bond acceptors (Lipinski definition) is 3. The van der Waals surface area contributed by atoms with Gasteiger partial charge in [0.1, 0.15) is 6.61 Å². The number of fused-ring (bicyclic) bond motifs is 2. The summed E-state index contributed by atoms with van der Waals surface area (Å²) in [5.74, 6) is 1.04. The third kappa shape index (κ3) is 3.47. The number of carbonyl (C=O) groups is 1. The minimum Gasteiger partial charge on any atom is -0.449 e. The first-order valence-corrected chi connectivity index (χ1v) is 8.79. The van der Waals surface area contributed by atoms with Crippen LogP contribution in [0.1, 0.15) is 40.5 Å². The largest absolute Gasteiger partial charge is 0.449 e.